The van der Waals surface area contributed by atoms with E-state index < -0.39 is 0 Å². The summed E-state index contributed by atoms with van der Waals surface area (Å²) >= 11 is 0. The van der Waals surface area contributed by atoms with Gasteiger partial charge in [0.05, 0.1) is 0 Å². The SMILES string of the molecule is Cc1ccc(C(CN)N(C)Cc2ccccc2)cn1. The number of rotatable bonds is 5. The molecule has 19 heavy (non-hydrogen) atoms. The highest BCUT2D eigenvalue weighted by atomic mass is 15.1. The quantitative estimate of drug-likeness (QED) is 0.892. The Balaban J connectivity index is 2.11. The van der Waals surface area contributed by atoms with Crippen molar-refractivity contribution < 1.29 is 0 Å². The number of aromatic nitrogens is 1. The predicted octanol–water partition coefficient (Wildman–Crippen LogP) is 2.52. The number of nitrogens with zero attached hydrogens (tertiary/aromatic N) is 2. The molecule has 0 aliphatic rings. The van der Waals surface area contributed by atoms with Gasteiger partial charge in [0.2, 0.25) is 0 Å². The monoisotopic (exact) mass is 255 g/mol. The Morgan fingerprint density at radius 3 is 2.47 bits per heavy atom. The van der Waals surface area contributed by atoms with E-state index in [9.17, 15) is 0 Å². The molecule has 0 aliphatic heterocycles. The van der Waals surface area contributed by atoms with Gasteiger partial charge in [-0.2, -0.15) is 0 Å². The highest BCUT2D eigenvalue weighted by Gasteiger charge is 2.15. The van der Waals surface area contributed by atoms with Crippen LogP contribution in [0.4, 0.5) is 0 Å². The smallest absolute Gasteiger partial charge is 0.0486 e. The molecule has 2 rings (SSSR count). The summed E-state index contributed by atoms with van der Waals surface area (Å²) in [6.45, 7) is 3.47. The third-order valence-corrected chi connectivity index (χ3v) is 3.35. The molecule has 0 radical (unpaired) electrons. The van der Waals surface area contributed by atoms with Gasteiger partial charge in [0.1, 0.15) is 0 Å². The van der Waals surface area contributed by atoms with Crippen molar-refractivity contribution in [3.63, 3.8) is 0 Å². The van der Waals surface area contributed by atoms with Crippen LogP contribution in [0.1, 0.15) is 22.9 Å². The van der Waals surface area contributed by atoms with Gasteiger partial charge >= 0.3 is 0 Å². The van der Waals surface area contributed by atoms with Crippen molar-refractivity contribution in [2.75, 3.05) is 13.6 Å². The topological polar surface area (TPSA) is 42.1 Å². The van der Waals surface area contributed by atoms with Crippen molar-refractivity contribution in [3.8, 4) is 0 Å². The van der Waals surface area contributed by atoms with E-state index in [1.807, 2.05) is 25.3 Å². The van der Waals surface area contributed by atoms with Gasteiger partial charge in [0.15, 0.2) is 0 Å². The average molecular weight is 255 g/mol. The molecule has 3 nitrogen and oxygen atoms in total. The van der Waals surface area contributed by atoms with Gasteiger partial charge in [-0.3, -0.25) is 9.88 Å². The molecule has 1 heterocycles. The summed E-state index contributed by atoms with van der Waals surface area (Å²) in [5.41, 5.74) is 9.43. The summed E-state index contributed by atoms with van der Waals surface area (Å²) in [4.78, 5) is 6.62. The van der Waals surface area contributed by atoms with Gasteiger partial charge in [-0.1, -0.05) is 36.4 Å². The molecule has 0 spiro atoms. The molecule has 1 aromatic carbocycles. The maximum atomic E-state index is 5.93. The van der Waals surface area contributed by atoms with E-state index in [1.54, 1.807) is 0 Å². The fourth-order valence-electron chi connectivity index (χ4n) is 2.23. The average Bonchev–Trinajstić information content (AvgIpc) is 2.43. The van der Waals surface area contributed by atoms with Crippen LogP contribution in [0.2, 0.25) is 0 Å². The number of hydrogen-bond donors (Lipinski definition) is 1. The fourth-order valence-corrected chi connectivity index (χ4v) is 2.23. The molecule has 100 valence electrons. The summed E-state index contributed by atoms with van der Waals surface area (Å²) in [7, 11) is 2.10. The largest absolute Gasteiger partial charge is 0.329 e. The van der Waals surface area contributed by atoms with Crippen molar-refractivity contribution in [2.45, 2.75) is 19.5 Å². The number of nitrogens with two attached hydrogens (primary N) is 1. The molecule has 0 bridgehead atoms. The third kappa shape index (κ3) is 3.63. The second-order valence-electron chi connectivity index (χ2n) is 4.89. The van der Waals surface area contributed by atoms with Crippen LogP contribution in [-0.2, 0) is 6.54 Å². The summed E-state index contributed by atoms with van der Waals surface area (Å²) in [5.74, 6) is 0. The van der Waals surface area contributed by atoms with Gasteiger partial charge in [-0.25, -0.2) is 0 Å². The van der Waals surface area contributed by atoms with Crippen LogP contribution in [0.3, 0.4) is 0 Å². The standard InChI is InChI=1S/C16H21N3/c1-13-8-9-15(11-18-13)16(10-17)19(2)12-14-6-4-3-5-7-14/h3-9,11,16H,10,12,17H2,1-2H3. The Labute approximate surface area is 115 Å². The highest BCUT2D eigenvalue weighted by molar-refractivity contribution is 5.19. The minimum atomic E-state index is 0.202. The fraction of sp³-hybridized carbons (Fsp3) is 0.312. The van der Waals surface area contributed by atoms with Gasteiger partial charge in [0.25, 0.3) is 0 Å². The number of hydrogen-bond acceptors (Lipinski definition) is 3. The first-order valence-electron chi connectivity index (χ1n) is 6.57. The Hall–Kier alpha value is -1.71. The minimum absolute atomic E-state index is 0.202. The molecule has 2 aromatic rings. The second-order valence-corrected chi connectivity index (χ2v) is 4.89. The second kappa shape index (κ2) is 6.45. The van der Waals surface area contributed by atoms with Crippen LogP contribution >= 0.6 is 0 Å². The molecule has 1 aromatic heterocycles. The molecule has 1 atom stereocenters. The lowest BCUT2D eigenvalue weighted by Crippen LogP contribution is -2.30. The van der Waals surface area contributed by atoms with E-state index in [4.69, 9.17) is 5.73 Å². The molecule has 0 fully saturated rings. The van der Waals surface area contributed by atoms with Crippen LogP contribution < -0.4 is 5.73 Å². The van der Waals surface area contributed by atoms with Gasteiger partial charge in [-0.15, -0.1) is 0 Å². The van der Waals surface area contributed by atoms with E-state index in [0.29, 0.717) is 6.54 Å². The molecular weight excluding hydrogens is 234 g/mol. The first-order chi connectivity index (χ1) is 9.20. The molecule has 0 saturated carbocycles. The van der Waals surface area contributed by atoms with E-state index in [-0.39, 0.29) is 6.04 Å². The maximum Gasteiger partial charge on any atom is 0.0486 e. The zero-order valence-corrected chi connectivity index (χ0v) is 11.6. The van der Waals surface area contributed by atoms with Crippen LogP contribution in [0.5, 0.6) is 0 Å². The van der Waals surface area contributed by atoms with Crippen molar-refractivity contribution >= 4 is 0 Å². The predicted molar refractivity (Wildman–Crippen MR) is 78.7 cm³/mol. The molecule has 2 N–H and O–H groups in total. The number of likely N-dealkylation sites (N-methyl/N-ethyl adjacent to an activating group) is 1. The van der Waals surface area contributed by atoms with E-state index in [0.717, 1.165) is 12.2 Å². The lowest BCUT2D eigenvalue weighted by atomic mass is 10.1. The van der Waals surface area contributed by atoms with E-state index in [2.05, 4.69) is 47.3 Å². The van der Waals surface area contributed by atoms with Crippen molar-refractivity contribution in [1.82, 2.24) is 9.88 Å². The van der Waals surface area contributed by atoms with E-state index >= 15 is 0 Å². The Morgan fingerprint density at radius 1 is 1.16 bits per heavy atom. The Morgan fingerprint density at radius 2 is 1.89 bits per heavy atom. The first-order valence-corrected chi connectivity index (χ1v) is 6.57. The molecular formula is C16H21N3. The Kier molecular flexibility index (Phi) is 4.66. The summed E-state index contributed by atoms with van der Waals surface area (Å²) in [6.07, 6.45) is 1.92. The van der Waals surface area contributed by atoms with Crippen molar-refractivity contribution in [3.05, 3.63) is 65.5 Å². The van der Waals surface area contributed by atoms with Crippen LogP contribution in [0.15, 0.2) is 48.7 Å². The number of benzene rings is 1. The third-order valence-electron chi connectivity index (χ3n) is 3.35. The summed E-state index contributed by atoms with van der Waals surface area (Å²) in [5, 5.41) is 0. The van der Waals surface area contributed by atoms with Crippen molar-refractivity contribution in [1.29, 1.82) is 0 Å². The van der Waals surface area contributed by atoms with Gasteiger partial charge in [0, 0.05) is 31.0 Å². The number of pyridine rings is 1. The van der Waals surface area contributed by atoms with Crippen molar-refractivity contribution in [2.24, 2.45) is 5.73 Å². The zero-order chi connectivity index (χ0) is 13.7. The number of aryl methyl sites for hydroxylation is 1. The molecule has 0 amide bonds. The van der Waals surface area contributed by atoms with Crippen LogP contribution in [-0.4, -0.2) is 23.5 Å². The van der Waals surface area contributed by atoms with Gasteiger partial charge < -0.3 is 5.73 Å². The van der Waals surface area contributed by atoms with Crippen LogP contribution in [0.25, 0.3) is 0 Å². The molecule has 3 heteroatoms. The van der Waals surface area contributed by atoms with Gasteiger partial charge in [-0.05, 0) is 31.2 Å². The lowest BCUT2D eigenvalue weighted by molar-refractivity contribution is 0.241. The van der Waals surface area contributed by atoms with Crippen LogP contribution in [0, 0.1) is 6.92 Å². The molecule has 0 saturated heterocycles. The maximum absolute atomic E-state index is 5.93. The summed E-state index contributed by atoms with van der Waals surface area (Å²) in [6, 6.07) is 14.8. The Bertz CT molecular complexity index is 493. The lowest BCUT2D eigenvalue weighted by Gasteiger charge is -2.27. The van der Waals surface area contributed by atoms with E-state index in [1.165, 1.54) is 11.1 Å². The highest BCUT2D eigenvalue weighted by Crippen LogP contribution is 2.19. The zero-order valence-electron chi connectivity index (χ0n) is 11.6. The summed E-state index contributed by atoms with van der Waals surface area (Å²) < 4.78 is 0. The minimum Gasteiger partial charge on any atom is -0.329 e. The normalized spacial score (nSPS) is 12.6. The molecule has 0 aliphatic carbocycles. The molecule has 1 unspecified atom stereocenters. The first kappa shape index (κ1) is 13.7.